The molecule has 4 rings (SSSR count). The van der Waals surface area contributed by atoms with Crippen LogP contribution in [0.2, 0.25) is 0 Å². The van der Waals surface area contributed by atoms with Gasteiger partial charge in [0.25, 0.3) is 5.91 Å². The lowest BCUT2D eigenvalue weighted by Crippen LogP contribution is -2.48. The van der Waals surface area contributed by atoms with Gasteiger partial charge in [-0.25, -0.2) is 0 Å². The molecule has 0 aliphatic carbocycles. The van der Waals surface area contributed by atoms with E-state index in [1.54, 1.807) is 18.2 Å². The second-order valence-electron chi connectivity index (χ2n) is 6.72. The summed E-state index contributed by atoms with van der Waals surface area (Å²) < 4.78 is 0. The fourth-order valence-electron chi connectivity index (χ4n) is 3.45. The second-order valence-corrected chi connectivity index (χ2v) is 6.72. The normalized spacial score (nSPS) is 15.5. The molecule has 7 heteroatoms. The summed E-state index contributed by atoms with van der Waals surface area (Å²) in [4.78, 5) is 17.0. The van der Waals surface area contributed by atoms with Crippen molar-refractivity contribution in [2.45, 2.75) is 13.5 Å². The first kappa shape index (κ1) is 16.5. The molecule has 1 amide bonds. The molecule has 2 aromatic carbocycles. The maximum atomic E-state index is 12.8. The third-order valence-corrected chi connectivity index (χ3v) is 4.84. The number of fused-ring (bicyclic) bond motifs is 1. The summed E-state index contributed by atoms with van der Waals surface area (Å²) in [6.07, 6.45) is 0. The smallest absolute Gasteiger partial charge is 0.254 e. The number of carbonyl (C=O) groups is 1. The van der Waals surface area contributed by atoms with Gasteiger partial charge in [-0.3, -0.25) is 9.69 Å². The van der Waals surface area contributed by atoms with E-state index in [1.165, 1.54) is 0 Å². The number of hydrogen-bond donors (Lipinski definition) is 2. The monoisotopic (exact) mass is 351 g/mol. The van der Waals surface area contributed by atoms with E-state index in [2.05, 4.69) is 20.3 Å². The minimum atomic E-state index is 0.0370. The first-order valence-electron chi connectivity index (χ1n) is 8.71. The molecule has 3 aromatic rings. The number of nitrogens with one attached hydrogen (secondary N) is 1. The Morgan fingerprint density at radius 1 is 1.15 bits per heavy atom. The number of nitrogens with zero attached hydrogens (tertiary/aromatic N) is 4. The van der Waals surface area contributed by atoms with Crippen LogP contribution in [-0.4, -0.2) is 62.4 Å². The number of carbonyl (C=O) groups excluding carboxylic acids is 1. The zero-order chi connectivity index (χ0) is 18.1. The number of phenolic OH excluding ortho intramolecular Hbond substituents is 1. The predicted octanol–water partition coefficient (Wildman–Crippen LogP) is 1.93. The van der Waals surface area contributed by atoms with E-state index in [9.17, 15) is 9.90 Å². The molecule has 2 N–H and O–H groups in total. The Morgan fingerprint density at radius 2 is 1.96 bits per heavy atom. The number of H-pyrrole nitrogens is 1. The van der Waals surface area contributed by atoms with E-state index in [0.29, 0.717) is 18.7 Å². The van der Waals surface area contributed by atoms with Gasteiger partial charge >= 0.3 is 0 Å². The largest absolute Gasteiger partial charge is 0.508 e. The molecular weight excluding hydrogens is 330 g/mol. The first-order valence-corrected chi connectivity index (χ1v) is 8.71. The third kappa shape index (κ3) is 3.25. The second kappa shape index (κ2) is 6.76. The van der Waals surface area contributed by atoms with Gasteiger partial charge in [-0.1, -0.05) is 12.1 Å². The number of aromatic amines is 1. The number of hydrogen-bond acceptors (Lipinski definition) is 5. The maximum Gasteiger partial charge on any atom is 0.254 e. The van der Waals surface area contributed by atoms with Gasteiger partial charge in [-0.2, -0.15) is 15.4 Å². The zero-order valence-electron chi connectivity index (χ0n) is 14.6. The molecule has 1 aliphatic rings. The van der Waals surface area contributed by atoms with Gasteiger partial charge in [0.1, 0.15) is 16.8 Å². The minimum Gasteiger partial charge on any atom is -0.508 e. The van der Waals surface area contributed by atoms with E-state index in [0.717, 1.165) is 41.8 Å². The van der Waals surface area contributed by atoms with Gasteiger partial charge in [0.2, 0.25) is 0 Å². The molecule has 1 aromatic heterocycles. The Labute approximate surface area is 151 Å². The maximum absolute atomic E-state index is 12.8. The number of rotatable bonds is 3. The molecule has 0 saturated carbocycles. The fraction of sp³-hybridized carbons (Fsp3) is 0.316. The Kier molecular flexibility index (Phi) is 4.30. The van der Waals surface area contributed by atoms with E-state index in [4.69, 9.17) is 0 Å². The van der Waals surface area contributed by atoms with Crippen LogP contribution >= 0.6 is 0 Å². The number of phenols is 1. The number of piperazine rings is 1. The van der Waals surface area contributed by atoms with Gasteiger partial charge in [0, 0.05) is 38.3 Å². The standard InChI is InChI=1S/C19H21N5O2/c1-13-9-15(11-17-18(13)21-22-20-17)19(26)24-7-5-23(6-8-24)12-14-3-2-4-16(25)10-14/h2-4,9-11,25H,5-8,12H2,1H3,(H,20,21,22). The molecule has 0 bridgehead atoms. The number of aryl methyl sites for hydroxylation is 1. The van der Waals surface area contributed by atoms with Crippen LogP contribution in [0.5, 0.6) is 5.75 Å². The van der Waals surface area contributed by atoms with E-state index < -0.39 is 0 Å². The lowest BCUT2D eigenvalue weighted by molar-refractivity contribution is 0.0628. The molecule has 0 spiro atoms. The quantitative estimate of drug-likeness (QED) is 0.753. The lowest BCUT2D eigenvalue weighted by Gasteiger charge is -2.34. The molecule has 0 unspecified atom stereocenters. The van der Waals surface area contributed by atoms with E-state index >= 15 is 0 Å². The van der Waals surface area contributed by atoms with Crippen molar-refractivity contribution < 1.29 is 9.90 Å². The summed E-state index contributed by atoms with van der Waals surface area (Å²) in [5.74, 6) is 0.324. The van der Waals surface area contributed by atoms with Gasteiger partial charge < -0.3 is 10.0 Å². The topological polar surface area (TPSA) is 85.4 Å². The van der Waals surface area contributed by atoms with Crippen LogP contribution in [0.4, 0.5) is 0 Å². The van der Waals surface area contributed by atoms with Crippen molar-refractivity contribution in [2.75, 3.05) is 26.2 Å². The summed E-state index contributed by atoms with van der Waals surface area (Å²) >= 11 is 0. The Morgan fingerprint density at radius 3 is 2.73 bits per heavy atom. The van der Waals surface area contributed by atoms with Crippen molar-refractivity contribution in [3.05, 3.63) is 53.1 Å². The molecule has 1 saturated heterocycles. The molecule has 1 aliphatic heterocycles. The SMILES string of the molecule is Cc1cc(C(=O)N2CCN(Cc3cccc(O)c3)CC2)cc2n[nH]nc12. The van der Waals surface area contributed by atoms with Gasteiger partial charge in [-0.05, 0) is 42.3 Å². The average molecular weight is 351 g/mol. The summed E-state index contributed by atoms with van der Waals surface area (Å²) in [6.45, 7) is 5.72. The van der Waals surface area contributed by atoms with Crippen molar-refractivity contribution in [3.63, 3.8) is 0 Å². The summed E-state index contributed by atoms with van der Waals surface area (Å²) in [5, 5.41) is 20.4. The Bertz CT molecular complexity index is 944. The molecule has 2 heterocycles. The van der Waals surface area contributed by atoms with E-state index in [-0.39, 0.29) is 11.7 Å². The van der Waals surface area contributed by atoms with Crippen molar-refractivity contribution in [2.24, 2.45) is 0 Å². The summed E-state index contributed by atoms with van der Waals surface area (Å²) in [6, 6.07) is 11.0. The van der Waals surface area contributed by atoms with Gasteiger partial charge in [0.05, 0.1) is 0 Å². The summed E-state index contributed by atoms with van der Waals surface area (Å²) in [5.41, 5.74) is 4.21. The van der Waals surface area contributed by atoms with Crippen LogP contribution in [0.1, 0.15) is 21.5 Å². The van der Waals surface area contributed by atoms with Crippen molar-refractivity contribution in [1.29, 1.82) is 0 Å². The number of benzene rings is 2. The zero-order valence-corrected chi connectivity index (χ0v) is 14.6. The van der Waals surface area contributed by atoms with Crippen LogP contribution in [0, 0.1) is 6.92 Å². The van der Waals surface area contributed by atoms with Crippen LogP contribution < -0.4 is 0 Å². The molecule has 26 heavy (non-hydrogen) atoms. The first-order chi connectivity index (χ1) is 12.6. The van der Waals surface area contributed by atoms with Gasteiger partial charge in [0.15, 0.2) is 0 Å². The molecule has 0 radical (unpaired) electrons. The average Bonchev–Trinajstić information content (AvgIpc) is 3.11. The van der Waals surface area contributed by atoms with Crippen molar-refractivity contribution in [1.82, 2.24) is 25.2 Å². The van der Waals surface area contributed by atoms with E-state index in [1.807, 2.05) is 30.0 Å². The molecule has 0 atom stereocenters. The van der Waals surface area contributed by atoms with Crippen LogP contribution in [0.25, 0.3) is 11.0 Å². The van der Waals surface area contributed by atoms with Crippen LogP contribution in [-0.2, 0) is 6.54 Å². The number of aromatic nitrogens is 3. The number of aromatic hydroxyl groups is 1. The van der Waals surface area contributed by atoms with Crippen molar-refractivity contribution >= 4 is 16.9 Å². The highest BCUT2D eigenvalue weighted by atomic mass is 16.3. The molecular formula is C19H21N5O2. The third-order valence-electron chi connectivity index (χ3n) is 4.84. The predicted molar refractivity (Wildman–Crippen MR) is 97.9 cm³/mol. The summed E-state index contributed by atoms with van der Waals surface area (Å²) in [7, 11) is 0. The highest BCUT2D eigenvalue weighted by Crippen LogP contribution is 2.19. The van der Waals surface area contributed by atoms with Crippen molar-refractivity contribution in [3.8, 4) is 5.75 Å². The highest BCUT2D eigenvalue weighted by Gasteiger charge is 2.23. The fourth-order valence-corrected chi connectivity index (χ4v) is 3.45. The minimum absolute atomic E-state index is 0.0370. The molecule has 134 valence electrons. The number of amides is 1. The lowest BCUT2D eigenvalue weighted by atomic mass is 10.1. The van der Waals surface area contributed by atoms with Crippen LogP contribution in [0.3, 0.4) is 0 Å². The molecule has 7 nitrogen and oxygen atoms in total. The molecule has 1 fully saturated rings. The van der Waals surface area contributed by atoms with Gasteiger partial charge in [-0.15, -0.1) is 0 Å². The Balaban J connectivity index is 1.41. The Hall–Kier alpha value is -2.93. The highest BCUT2D eigenvalue weighted by molar-refractivity contribution is 5.98. The van der Waals surface area contributed by atoms with Crippen LogP contribution in [0.15, 0.2) is 36.4 Å².